The van der Waals surface area contributed by atoms with Gasteiger partial charge in [-0.05, 0) is 60.5 Å². The van der Waals surface area contributed by atoms with Crippen molar-refractivity contribution in [2.24, 2.45) is 4.99 Å². The van der Waals surface area contributed by atoms with Crippen LogP contribution in [0, 0.1) is 0 Å². The number of rotatable bonds is 4. The molecule has 1 aliphatic rings. The lowest BCUT2D eigenvalue weighted by atomic mass is 10.1. The molecule has 5 heteroatoms. The van der Waals surface area contributed by atoms with Crippen molar-refractivity contribution in [2.45, 2.75) is 13.3 Å². The van der Waals surface area contributed by atoms with Gasteiger partial charge in [0.2, 0.25) is 0 Å². The highest BCUT2D eigenvalue weighted by Crippen LogP contribution is 2.33. The number of ether oxygens (including phenoxy) is 3. The van der Waals surface area contributed by atoms with Crippen LogP contribution in [0.25, 0.3) is 22.3 Å². The Bertz CT molecular complexity index is 1310. The fourth-order valence-electron chi connectivity index (χ4n) is 3.67. The molecule has 0 saturated carbocycles. The van der Waals surface area contributed by atoms with E-state index < -0.39 is 0 Å². The standard InChI is InChI=1S/C26H23NO4/c1-3-17-4-10-23-21(14-17)22(16-25(31-23)18-5-8-20(28-2)9-6-18)27-19-7-11-24-26(15-19)30-13-12-29-24/h4-11,14-16H,3,12-13H2,1-2H3. The molecule has 0 spiro atoms. The third-order valence-electron chi connectivity index (χ3n) is 5.37. The number of aryl methyl sites for hydroxylation is 1. The van der Waals surface area contributed by atoms with Gasteiger partial charge in [0.1, 0.15) is 30.3 Å². The van der Waals surface area contributed by atoms with Gasteiger partial charge >= 0.3 is 0 Å². The Balaban J connectivity index is 1.69. The third-order valence-corrected chi connectivity index (χ3v) is 5.37. The van der Waals surface area contributed by atoms with Crippen molar-refractivity contribution in [2.75, 3.05) is 20.3 Å². The maximum absolute atomic E-state index is 6.24. The van der Waals surface area contributed by atoms with Gasteiger partial charge in [0, 0.05) is 23.1 Å². The molecule has 1 aliphatic heterocycles. The minimum Gasteiger partial charge on any atom is -0.497 e. The Morgan fingerprint density at radius 1 is 0.871 bits per heavy atom. The predicted octanol–water partition coefficient (Wildman–Crippen LogP) is 5.67. The molecule has 0 radical (unpaired) electrons. The number of fused-ring (bicyclic) bond motifs is 2. The van der Waals surface area contributed by atoms with E-state index in [0.717, 1.165) is 57.0 Å². The van der Waals surface area contributed by atoms with E-state index in [1.165, 1.54) is 5.56 Å². The van der Waals surface area contributed by atoms with Crippen molar-refractivity contribution >= 4 is 16.7 Å². The topological polar surface area (TPSA) is 53.2 Å². The Kier molecular flexibility index (Phi) is 5.08. The van der Waals surface area contributed by atoms with Gasteiger partial charge in [-0.3, -0.25) is 0 Å². The zero-order valence-electron chi connectivity index (χ0n) is 17.6. The summed E-state index contributed by atoms with van der Waals surface area (Å²) in [6.45, 7) is 3.26. The molecule has 0 aliphatic carbocycles. The first-order valence-electron chi connectivity index (χ1n) is 10.4. The van der Waals surface area contributed by atoms with Gasteiger partial charge < -0.3 is 18.6 Å². The van der Waals surface area contributed by atoms with Crippen LogP contribution in [0.1, 0.15) is 12.5 Å². The Labute approximate surface area is 180 Å². The first-order chi connectivity index (χ1) is 15.2. The maximum Gasteiger partial charge on any atom is 0.163 e. The van der Waals surface area contributed by atoms with Crippen LogP contribution in [0.2, 0.25) is 0 Å². The molecule has 5 nitrogen and oxygen atoms in total. The van der Waals surface area contributed by atoms with E-state index in [4.69, 9.17) is 23.6 Å². The van der Waals surface area contributed by atoms with Gasteiger partial charge in [-0.15, -0.1) is 0 Å². The molecular weight excluding hydrogens is 390 g/mol. The van der Waals surface area contributed by atoms with Crippen LogP contribution in [-0.4, -0.2) is 20.3 Å². The lowest BCUT2D eigenvalue weighted by molar-refractivity contribution is 0.171. The van der Waals surface area contributed by atoms with Gasteiger partial charge in [-0.1, -0.05) is 13.0 Å². The largest absolute Gasteiger partial charge is 0.497 e. The molecule has 4 aromatic rings. The van der Waals surface area contributed by atoms with Crippen LogP contribution in [0.3, 0.4) is 0 Å². The number of hydrogen-bond acceptors (Lipinski definition) is 5. The summed E-state index contributed by atoms with van der Waals surface area (Å²) in [6, 6.07) is 21.8. The number of nitrogens with zero attached hydrogens (tertiary/aromatic N) is 1. The summed E-state index contributed by atoms with van der Waals surface area (Å²) in [4.78, 5) is 4.95. The summed E-state index contributed by atoms with van der Waals surface area (Å²) in [7, 11) is 1.66. The van der Waals surface area contributed by atoms with E-state index >= 15 is 0 Å². The normalized spacial score (nSPS) is 13.4. The molecule has 1 aromatic heterocycles. The lowest BCUT2D eigenvalue weighted by Crippen LogP contribution is -2.15. The molecule has 5 rings (SSSR count). The van der Waals surface area contributed by atoms with Crippen LogP contribution >= 0.6 is 0 Å². The first-order valence-corrected chi connectivity index (χ1v) is 10.4. The summed E-state index contributed by atoms with van der Waals surface area (Å²) in [5.74, 6) is 3.03. The van der Waals surface area contributed by atoms with Crippen molar-refractivity contribution in [3.05, 3.63) is 77.7 Å². The quantitative estimate of drug-likeness (QED) is 0.432. The van der Waals surface area contributed by atoms with Crippen molar-refractivity contribution in [3.63, 3.8) is 0 Å². The van der Waals surface area contributed by atoms with E-state index in [-0.39, 0.29) is 0 Å². The van der Waals surface area contributed by atoms with E-state index in [0.29, 0.717) is 13.2 Å². The van der Waals surface area contributed by atoms with Gasteiger partial charge in [0.05, 0.1) is 18.2 Å². The van der Waals surface area contributed by atoms with Crippen LogP contribution in [0.4, 0.5) is 5.69 Å². The Morgan fingerprint density at radius 2 is 1.68 bits per heavy atom. The van der Waals surface area contributed by atoms with Gasteiger partial charge in [0.25, 0.3) is 0 Å². The molecule has 0 atom stereocenters. The second-order valence-electron chi connectivity index (χ2n) is 7.35. The van der Waals surface area contributed by atoms with Gasteiger partial charge in [-0.25, -0.2) is 4.99 Å². The molecule has 0 bridgehead atoms. The van der Waals surface area contributed by atoms with Crippen LogP contribution in [-0.2, 0) is 6.42 Å². The molecule has 0 N–H and O–H groups in total. The second-order valence-corrected chi connectivity index (χ2v) is 7.35. The van der Waals surface area contributed by atoms with Crippen LogP contribution in [0.5, 0.6) is 17.2 Å². The van der Waals surface area contributed by atoms with Crippen LogP contribution in [0.15, 0.2) is 76.1 Å². The summed E-state index contributed by atoms with van der Waals surface area (Å²) in [5.41, 5.74) is 3.79. The third kappa shape index (κ3) is 3.87. The fraction of sp³-hybridized carbons (Fsp3) is 0.192. The Hall–Kier alpha value is -3.73. The molecule has 156 valence electrons. The molecule has 0 fully saturated rings. The smallest absolute Gasteiger partial charge is 0.163 e. The van der Waals surface area contributed by atoms with Crippen molar-refractivity contribution in [3.8, 4) is 28.6 Å². The highest BCUT2D eigenvalue weighted by atomic mass is 16.6. The highest BCUT2D eigenvalue weighted by molar-refractivity contribution is 5.79. The van der Waals surface area contributed by atoms with Gasteiger partial charge in [0.15, 0.2) is 11.5 Å². The number of benzene rings is 3. The number of hydrogen-bond donors (Lipinski definition) is 0. The zero-order chi connectivity index (χ0) is 21.2. The number of methoxy groups -OCH3 is 1. The summed E-state index contributed by atoms with van der Waals surface area (Å²) < 4.78 is 22.9. The minimum atomic E-state index is 0.547. The van der Waals surface area contributed by atoms with Crippen molar-refractivity contribution < 1.29 is 18.6 Å². The molecule has 0 amide bonds. The molecule has 31 heavy (non-hydrogen) atoms. The summed E-state index contributed by atoms with van der Waals surface area (Å²) in [5, 5.41) is 1.82. The van der Waals surface area contributed by atoms with E-state index in [1.807, 2.05) is 54.6 Å². The molecule has 0 saturated heterocycles. The first kappa shape index (κ1) is 19.2. The van der Waals surface area contributed by atoms with E-state index in [9.17, 15) is 0 Å². The minimum absolute atomic E-state index is 0.547. The fourth-order valence-corrected chi connectivity index (χ4v) is 3.67. The summed E-state index contributed by atoms with van der Waals surface area (Å²) in [6.07, 6.45) is 0.944. The molecule has 3 aromatic carbocycles. The van der Waals surface area contributed by atoms with Crippen molar-refractivity contribution in [1.82, 2.24) is 0 Å². The Morgan fingerprint density at radius 3 is 2.45 bits per heavy atom. The van der Waals surface area contributed by atoms with Gasteiger partial charge in [-0.2, -0.15) is 0 Å². The van der Waals surface area contributed by atoms with Crippen molar-refractivity contribution in [1.29, 1.82) is 0 Å². The summed E-state index contributed by atoms with van der Waals surface area (Å²) >= 11 is 0. The maximum atomic E-state index is 6.24. The average Bonchev–Trinajstić information content (AvgIpc) is 2.83. The van der Waals surface area contributed by atoms with E-state index in [1.54, 1.807) is 7.11 Å². The molecule has 2 heterocycles. The molecule has 0 unspecified atom stereocenters. The highest BCUT2D eigenvalue weighted by Gasteiger charge is 2.12. The van der Waals surface area contributed by atoms with Crippen LogP contribution < -0.4 is 19.6 Å². The SMILES string of the molecule is CCc1ccc2oc(-c3ccc(OC)cc3)cc(=Nc3ccc4c(c3)OCCO4)c2c1. The predicted molar refractivity (Wildman–Crippen MR) is 120 cm³/mol. The average molecular weight is 413 g/mol. The zero-order valence-corrected chi connectivity index (χ0v) is 17.6. The van der Waals surface area contributed by atoms with E-state index in [2.05, 4.69) is 19.1 Å². The second kappa shape index (κ2) is 8.19. The monoisotopic (exact) mass is 413 g/mol. The molecular formula is C26H23NO4. The lowest BCUT2D eigenvalue weighted by Gasteiger charge is -2.18.